The topological polar surface area (TPSA) is 0 Å². The predicted octanol–water partition coefficient (Wildman–Crippen LogP) is 13.5. The first kappa shape index (κ1) is 37.7. The average molecular weight is 545 g/mol. The van der Waals surface area contributed by atoms with E-state index >= 15 is 0 Å². The van der Waals surface area contributed by atoms with Gasteiger partial charge in [-0.15, -0.1) is 0 Å². The van der Waals surface area contributed by atoms with Crippen molar-refractivity contribution >= 4 is 0 Å². The summed E-state index contributed by atoms with van der Waals surface area (Å²) in [5, 5.41) is 0. The molecule has 0 N–H and O–H groups in total. The molecule has 0 aliphatic carbocycles. The fourth-order valence-electron chi connectivity index (χ4n) is 4.30. The molecule has 40 heavy (non-hydrogen) atoms. The van der Waals surface area contributed by atoms with E-state index in [1.54, 1.807) is 5.57 Å². The van der Waals surface area contributed by atoms with E-state index in [2.05, 4.69) is 142 Å². The zero-order valence-electron chi connectivity index (χ0n) is 28.2. The van der Waals surface area contributed by atoms with Crippen LogP contribution in [0.3, 0.4) is 0 Å². The van der Waals surface area contributed by atoms with Crippen LogP contribution in [0, 0.1) is 11.8 Å². The van der Waals surface area contributed by atoms with Gasteiger partial charge in [-0.3, -0.25) is 0 Å². The molecule has 0 radical (unpaired) electrons. The Morgan fingerprint density at radius 1 is 0.575 bits per heavy atom. The summed E-state index contributed by atoms with van der Waals surface area (Å²) in [5.41, 5.74) is 8.57. The predicted molar refractivity (Wildman–Crippen MR) is 186 cm³/mol. The van der Waals surface area contributed by atoms with Crippen molar-refractivity contribution in [3.05, 3.63) is 106 Å². The van der Waals surface area contributed by atoms with Gasteiger partial charge in [0.15, 0.2) is 0 Å². The van der Waals surface area contributed by atoms with Gasteiger partial charge in [0.1, 0.15) is 0 Å². The van der Waals surface area contributed by atoms with E-state index in [-0.39, 0.29) is 0 Å². The van der Waals surface area contributed by atoms with Crippen molar-refractivity contribution in [1.82, 2.24) is 0 Å². The minimum absolute atomic E-state index is 0.639. The van der Waals surface area contributed by atoms with Gasteiger partial charge in [0.05, 0.1) is 0 Å². The molecule has 0 aliphatic heterocycles. The lowest BCUT2D eigenvalue weighted by Crippen LogP contribution is -1.88. The summed E-state index contributed by atoms with van der Waals surface area (Å²) in [7, 11) is 0. The Balaban J connectivity index is 4.37. The highest BCUT2D eigenvalue weighted by Crippen LogP contribution is 2.15. The first-order valence-corrected chi connectivity index (χ1v) is 15.9. The van der Waals surface area contributed by atoms with Gasteiger partial charge in [0.25, 0.3) is 0 Å². The van der Waals surface area contributed by atoms with Crippen LogP contribution in [-0.2, 0) is 0 Å². The largest absolute Gasteiger partial charge is 0.0859 e. The molecule has 0 spiro atoms. The normalized spacial score (nSPS) is 15.3. The van der Waals surface area contributed by atoms with E-state index in [9.17, 15) is 0 Å². The van der Waals surface area contributed by atoms with Crippen molar-refractivity contribution in [2.24, 2.45) is 11.8 Å². The van der Waals surface area contributed by atoms with Crippen molar-refractivity contribution in [2.45, 2.75) is 133 Å². The van der Waals surface area contributed by atoms with Crippen LogP contribution < -0.4 is 0 Å². The summed E-state index contributed by atoms with van der Waals surface area (Å²) in [6.07, 6.45) is 39.2. The smallest absolute Gasteiger partial charge is 0.0138 e. The molecule has 0 saturated heterocycles. The van der Waals surface area contributed by atoms with Crippen LogP contribution in [-0.4, -0.2) is 0 Å². The zero-order chi connectivity index (χ0) is 30.2. The van der Waals surface area contributed by atoms with Crippen molar-refractivity contribution in [2.75, 3.05) is 0 Å². The Bertz CT molecular complexity index is 942. The van der Waals surface area contributed by atoms with Crippen molar-refractivity contribution < 1.29 is 0 Å². The summed E-state index contributed by atoms with van der Waals surface area (Å²) >= 11 is 0. The van der Waals surface area contributed by atoms with Gasteiger partial charge >= 0.3 is 0 Å². The SMILES string of the molecule is CC(C)=CCCC(C)/C=C/C/C(C)=C/C=C/C(C)=C/C=C/C=C(\C)CC/C=C(\C)CC/C=C(\C)CCCC(C)C. The molecule has 0 rings (SSSR count). The molecule has 224 valence electrons. The fraction of sp³-hybridized carbons (Fsp3) is 0.550. The van der Waals surface area contributed by atoms with Gasteiger partial charge < -0.3 is 0 Å². The van der Waals surface area contributed by atoms with Gasteiger partial charge in [-0.05, 0) is 118 Å². The second-order valence-corrected chi connectivity index (χ2v) is 12.6. The van der Waals surface area contributed by atoms with Crippen molar-refractivity contribution in [1.29, 1.82) is 0 Å². The van der Waals surface area contributed by atoms with E-state index in [1.807, 2.05) is 0 Å². The standard InChI is InChI=1S/C40H64/c1-33(2)19-13-23-37(7)27-17-31-39(9)29-15-25-35(5)21-11-12-22-36(6)26-16-30-40(10)32-18-28-38(8)24-14-20-34(3)4/h11-12,15,17,19,21-22,25,27-30,34,37H,13-14,16,18,20,23-24,26,31-32H2,1-10H3/b12-11+,25-15+,27-17+,35-21+,36-22+,38-28+,39-29+,40-30+. The minimum atomic E-state index is 0.639. The Morgan fingerprint density at radius 3 is 1.82 bits per heavy atom. The maximum Gasteiger partial charge on any atom is -0.0138 e. The molecule has 0 aromatic carbocycles. The Labute approximate surface area is 251 Å². The maximum absolute atomic E-state index is 2.45. The average Bonchev–Trinajstić information content (AvgIpc) is 2.86. The van der Waals surface area contributed by atoms with Crippen LogP contribution >= 0.6 is 0 Å². The molecule has 0 saturated carbocycles. The summed E-state index contributed by atoms with van der Waals surface area (Å²) in [6.45, 7) is 22.5. The van der Waals surface area contributed by atoms with Gasteiger partial charge in [0, 0.05) is 0 Å². The molecule has 1 atom stereocenters. The molecule has 0 nitrogen and oxygen atoms in total. The third-order valence-electron chi connectivity index (χ3n) is 7.09. The molecule has 1 unspecified atom stereocenters. The molecular weight excluding hydrogens is 480 g/mol. The lowest BCUT2D eigenvalue weighted by Gasteiger charge is -2.05. The van der Waals surface area contributed by atoms with Crippen LogP contribution in [0.1, 0.15) is 133 Å². The Morgan fingerprint density at radius 2 is 1.18 bits per heavy atom. The number of hydrogen-bond acceptors (Lipinski definition) is 0. The third-order valence-corrected chi connectivity index (χ3v) is 7.09. The first-order chi connectivity index (χ1) is 19.0. The van der Waals surface area contributed by atoms with E-state index < -0.39 is 0 Å². The molecule has 0 bridgehead atoms. The van der Waals surface area contributed by atoms with E-state index in [4.69, 9.17) is 0 Å². The third kappa shape index (κ3) is 25.9. The molecule has 0 fully saturated rings. The summed E-state index contributed by atoms with van der Waals surface area (Å²) < 4.78 is 0. The molecule has 0 heterocycles. The highest BCUT2D eigenvalue weighted by molar-refractivity contribution is 5.27. The van der Waals surface area contributed by atoms with Crippen molar-refractivity contribution in [3.8, 4) is 0 Å². The Hall–Kier alpha value is -2.34. The molecule has 0 aromatic rings. The molecule has 0 heteroatoms. The lowest BCUT2D eigenvalue weighted by molar-refractivity contribution is 0.554. The number of rotatable bonds is 20. The molecule has 0 aromatic heterocycles. The minimum Gasteiger partial charge on any atom is -0.0859 e. The van der Waals surface area contributed by atoms with Gasteiger partial charge in [-0.1, -0.05) is 134 Å². The fourth-order valence-corrected chi connectivity index (χ4v) is 4.30. The highest BCUT2D eigenvalue weighted by atomic mass is 14.0. The highest BCUT2D eigenvalue weighted by Gasteiger charge is 1.97. The van der Waals surface area contributed by atoms with Gasteiger partial charge in [-0.2, -0.15) is 0 Å². The van der Waals surface area contributed by atoms with Crippen LogP contribution in [0.25, 0.3) is 0 Å². The second kappa shape index (κ2) is 24.5. The Kier molecular flexibility index (Phi) is 23.0. The monoisotopic (exact) mass is 545 g/mol. The van der Waals surface area contributed by atoms with Crippen LogP contribution in [0.4, 0.5) is 0 Å². The van der Waals surface area contributed by atoms with Gasteiger partial charge in [0.2, 0.25) is 0 Å². The van der Waals surface area contributed by atoms with Crippen molar-refractivity contribution in [3.63, 3.8) is 0 Å². The quantitative estimate of drug-likeness (QED) is 0.106. The van der Waals surface area contributed by atoms with Crippen LogP contribution in [0.15, 0.2) is 106 Å². The van der Waals surface area contributed by atoms with Crippen LogP contribution in [0.2, 0.25) is 0 Å². The molecule has 0 aliphatic rings. The molecular formula is C40H64. The van der Waals surface area contributed by atoms with Gasteiger partial charge in [-0.25, -0.2) is 0 Å². The summed E-state index contributed by atoms with van der Waals surface area (Å²) in [4.78, 5) is 0. The number of allylic oxidation sites excluding steroid dienone is 18. The second-order valence-electron chi connectivity index (χ2n) is 12.6. The van der Waals surface area contributed by atoms with E-state index in [0.29, 0.717) is 5.92 Å². The summed E-state index contributed by atoms with van der Waals surface area (Å²) in [6, 6.07) is 0. The zero-order valence-corrected chi connectivity index (χ0v) is 28.2. The maximum atomic E-state index is 2.45. The first-order valence-electron chi connectivity index (χ1n) is 15.9. The summed E-state index contributed by atoms with van der Waals surface area (Å²) in [5.74, 6) is 1.46. The van der Waals surface area contributed by atoms with E-state index in [0.717, 1.165) is 25.2 Å². The molecule has 0 amide bonds. The van der Waals surface area contributed by atoms with Crippen LogP contribution in [0.5, 0.6) is 0 Å². The lowest BCUT2D eigenvalue weighted by atomic mass is 10.0. The number of hydrogen-bond donors (Lipinski definition) is 0. The van der Waals surface area contributed by atoms with E-state index in [1.165, 1.54) is 72.8 Å².